The van der Waals surface area contributed by atoms with Crippen molar-refractivity contribution < 1.29 is 14.2 Å². The molecule has 0 radical (unpaired) electrons. The zero-order valence-electron chi connectivity index (χ0n) is 13.1. The summed E-state index contributed by atoms with van der Waals surface area (Å²) in [5.41, 5.74) is 8.11. The normalized spacial score (nSPS) is 36.3. The Bertz CT molecular complexity index is 645. The van der Waals surface area contributed by atoms with E-state index in [9.17, 15) is 0 Å². The zero-order valence-corrected chi connectivity index (χ0v) is 13.1. The fourth-order valence-electron chi connectivity index (χ4n) is 4.43. The fraction of sp³-hybridized carbons (Fsp3) is 0.588. The van der Waals surface area contributed by atoms with E-state index in [0.29, 0.717) is 13.2 Å². The standard InChI is InChI=1S/C17H22N2O3/c1-16-5-6-21-9-14(16)17(10-22-15(18)19-17)13-7-12(20-2)4-3-11(13)8-16/h3-4,7,14H,5-6,8-10H2,1-2H3,(H2,18,19)/t14-,16+,17?/m1/s1. The third-order valence-electron chi connectivity index (χ3n) is 5.65. The molecule has 5 heteroatoms. The lowest BCUT2D eigenvalue weighted by molar-refractivity contribution is -0.0792. The number of hydrogen-bond acceptors (Lipinski definition) is 5. The number of hydrogen-bond donors (Lipinski definition) is 1. The molecular formula is C17H22N2O3. The average Bonchev–Trinajstić information content (AvgIpc) is 2.89. The van der Waals surface area contributed by atoms with Gasteiger partial charge in [0.05, 0.1) is 13.7 Å². The average molecular weight is 302 g/mol. The van der Waals surface area contributed by atoms with E-state index < -0.39 is 5.54 Å². The fourth-order valence-corrected chi connectivity index (χ4v) is 4.43. The van der Waals surface area contributed by atoms with Crippen LogP contribution in [0.5, 0.6) is 5.75 Å². The summed E-state index contributed by atoms with van der Waals surface area (Å²) in [7, 11) is 1.69. The molecule has 0 amide bonds. The molecule has 2 heterocycles. The monoisotopic (exact) mass is 302 g/mol. The summed E-state index contributed by atoms with van der Waals surface area (Å²) >= 11 is 0. The van der Waals surface area contributed by atoms with E-state index in [4.69, 9.17) is 24.9 Å². The van der Waals surface area contributed by atoms with Crippen LogP contribution < -0.4 is 10.5 Å². The molecule has 1 aliphatic carbocycles. The molecule has 2 N–H and O–H groups in total. The maximum absolute atomic E-state index is 5.89. The van der Waals surface area contributed by atoms with Crippen LogP contribution in [0.3, 0.4) is 0 Å². The molecule has 1 spiro atoms. The minimum absolute atomic E-state index is 0.164. The highest BCUT2D eigenvalue weighted by atomic mass is 16.5. The van der Waals surface area contributed by atoms with Crippen LogP contribution >= 0.6 is 0 Å². The van der Waals surface area contributed by atoms with Crippen molar-refractivity contribution in [2.75, 3.05) is 26.9 Å². The molecule has 1 saturated heterocycles. The van der Waals surface area contributed by atoms with Gasteiger partial charge in [-0.2, -0.15) is 0 Å². The Morgan fingerprint density at radius 2 is 2.27 bits per heavy atom. The highest BCUT2D eigenvalue weighted by Gasteiger charge is 2.57. The lowest BCUT2D eigenvalue weighted by atomic mass is 9.56. The summed E-state index contributed by atoms with van der Waals surface area (Å²) in [6, 6.07) is 6.56. The van der Waals surface area contributed by atoms with Crippen LogP contribution in [-0.2, 0) is 21.4 Å². The largest absolute Gasteiger partial charge is 0.497 e. The Hall–Kier alpha value is -1.75. The summed E-state index contributed by atoms with van der Waals surface area (Å²) in [6.45, 7) is 4.35. The lowest BCUT2D eigenvalue weighted by Gasteiger charge is -2.52. The van der Waals surface area contributed by atoms with Crippen LogP contribution in [0.2, 0.25) is 0 Å². The van der Waals surface area contributed by atoms with Gasteiger partial charge in [0.25, 0.3) is 6.02 Å². The van der Waals surface area contributed by atoms with Crippen molar-refractivity contribution in [1.29, 1.82) is 0 Å². The molecule has 1 aromatic rings. The van der Waals surface area contributed by atoms with Crippen molar-refractivity contribution in [3.63, 3.8) is 0 Å². The number of rotatable bonds is 1. The van der Waals surface area contributed by atoms with Crippen molar-refractivity contribution in [3.8, 4) is 5.75 Å². The van der Waals surface area contributed by atoms with Gasteiger partial charge in [-0.05, 0) is 41.5 Å². The molecule has 5 nitrogen and oxygen atoms in total. The predicted octanol–water partition coefficient (Wildman–Crippen LogP) is 1.83. The van der Waals surface area contributed by atoms with E-state index in [1.807, 2.05) is 6.07 Å². The maximum Gasteiger partial charge on any atom is 0.283 e. The quantitative estimate of drug-likeness (QED) is 0.859. The number of nitrogens with two attached hydrogens (primary N) is 1. The first-order valence-corrected chi connectivity index (χ1v) is 7.81. The van der Waals surface area contributed by atoms with Gasteiger partial charge < -0.3 is 19.9 Å². The minimum Gasteiger partial charge on any atom is -0.497 e. The molecule has 0 aromatic heterocycles. The number of nitrogens with zero attached hydrogens (tertiary/aromatic N) is 1. The van der Waals surface area contributed by atoms with Crippen LogP contribution in [0.15, 0.2) is 23.2 Å². The molecule has 22 heavy (non-hydrogen) atoms. The van der Waals surface area contributed by atoms with Crippen LogP contribution in [0.25, 0.3) is 0 Å². The van der Waals surface area contributed by atoms with Crippen molar-refractivity contribution in [3.05, 3.63) is 29.3 Å². The lowest BCUT2D eigenvalue weighted by Crippen LogP contribution is -2.54. The van der Waals surface area contributed by atoms with Crippen molar-refractivity contribution in [2.45, 2.75) is 25.3 Å². The van der Waals surface area contributed by atoms with E-state index in [1.165, 1.54) is 11.1 Å². The smallest absolute Gasteiger partial charge is 0.283 e. The van der Waals surface area contributed by atoms with Crippen molar-refractivity contribution >= 4 is 6.02 Å². The summed E-state index contributed by atoms with van der Waals surface area (Å²) in [5.74, 6) is 1.12. The van der Waals surface area contributed by atoms with E-state index in [-0.39, 0.29) is 17.4 Å². The van der Waals surface area contributed by atoms with Gasteiger partial charge in [0.2, 0.25) is 0 Å². The first kappa shape index (κ1) is 13.9. The molecule has 118 valence electrons. The summed E-state index contributed by atoms with van der Waals surface area (Å²) in [6.07, 6.45) is 2.08. The van der Waals surface area contributed by atoms with E-state index >= 15 is 0 Å². The molecule has 3 atom stereocenters. The number of aliphatic imine (C=N–C) groups is 1. The Balaban J connectivity index is 1.93. The number of fused-ring (bicyclic) bond motifs is 4. The van der Waals surface area contributed by atoms with Crippen LogP contribution in [0.1, 0.15) is 24.5 Å². The SMILES string of the molecule is COc1ccc2c(c1)C1(COC(N)=N1)[C@@H]1COCC[C@@]1(C)C2. The predicted molar refractivity (Wildman–Crippen MR) is 83.0 cm³/mol. The molecular weight excluding hydrogens is 280 g/mol. The molecule has 1 fully saturated rings. The molecule has 4 rings (SSSR count). The molecule has 3 aliphatic rings. The second-order valence-electron chi connectivity index (χ2n) is 6.89. The topological polar surface area (TPSA) is 66.1 Å². The van der Waals surface area contributed by atoms with Gasteiger partial charge in [0, 0.05) is 12.5 Å². The number of amidine groups is 1. The first-order valence-electron chi connectivity index (χ1n) is 7.81. The van der Waals surface area contributed by atoms with Gasteiger partial charge >= 0.3 is 0 Å². The summed E-state index contributed by atoms with van der Waals surface area (Å²) < 4.78 is 16.8. The first-order chi connectivity index (χ1) is 10.6. The Labute approximate surface area is 130 Å². The Morgan fingerprint density at radius 3 is 3.00 bits per heavy atom. The third kappa shape index (κ3) is 1.78. The minimum atomic E-state index is -0.443. The van der Waals surface area contributed by atoms with Gasteiger partial charge in [-0.3, -0.25) is 0 Å². The van der Waals surface area contributed by atoms with Crippen molar-refractivity contribution in [2.24, 2.45) is 22.1 Å². The van der Waals surface area contributed by atoms with Gasteiger partial charge in [-0.15, -0.1) is 0 Å². The number of ether oxygens (including phenoxy) is 3. The summed E-state index contributed by atoms with van der Waals surface area (Å²) in [4.78, 5) is 4.76. The molecule has 0 saturated carbocycles. The van der Waals surface area contributed by atoms with E-state index in [2.05, 4.69) is 19.1 Å². The second-order valence-corrected chi connectivity index (χ2v) is 6.89. The van der Waals surface area contributed by atoms with Crippen molar-refractivity contribution in [1.82, 2.24) is 0 Å². The molecule has 2 aliphatic heterocycles. The molecule has 1 unspecified atom stereocenters. The van der Waals surface area contributed by atoms with E-state index in [0.717, 1.165) is 25.2 Å². The Morgan fingerprint density at radius 1 is 1.41 bits per heavy atom. The van der Waals surface area contributed by atoms with Gasteiger partial charge in [0.1, 0.15) is 17.9 Å². The van der Waals surface area contributed by atoms with Crippen LogP contribution in [0, 0.1) is 11.3 Å². The van der Waals surface area contributed by atoms with Gasteiger partial charge in [-0.1, -0.05) is 13.0 Å². The Kier molecular flexibility index (Phi) is 2.92. The zero-order chi connectivity index (χ0) is 15.4. The third-order valence-corrected chi connectivity index (χ3v) is 5.65. The summed E-state index contributed by atoms with van der Waals surface area (Å²) in [5, 5.41) is 0. The maximum atomic E-state index is 5.89. The second kappa shape index (κ2) is 4.62. The van der Waals surface area contributed by atoms with Crippen LogP contribution in [-0.4, -0.2) is 33.0 Å². The van der Waals surface area contributed by atoms with Gasteiger partial charge in [0.15, 0.2) is 0 Å². The number of benzene rings is 1. The number of methoxy groups -OCH3 is 1. The molecule has 0 bridgehead atoms. The van der Waals surface area contributed by atoms with Crippen LogP contribution in [0.4, 0.5) is 0 Å². The van der Waals surface area contributed by atoms with E-state index in [1.54, 1.807) is 7.11 Å². The highest BCUT2D eigenvalue weighted by Crippen LogP contribution is 2.56. The molecule has 1 aromatic carbocycles. The van der Waals surface area contributed by atoms with Gasteiger partial charge in [-0.25, -0.2) is 4.99 Å². The highest BCUT2D eigenvalue weighted by molar-refractivity contribution is 5.74.